The molecular formula is C12H16O2S. The van der Waals surface area contributed by atoms with E-state index in [1.54, 1.807) is 18.7 Å². The third-order valence-electron chi connectivity index (χ3n) is 1.34. The van der Waals surface area contributed by atoms with E-state index in [9.17, 15) is 4.79 Å². The van der Waals surface area contributed by atoms with E-state index >= 15 is 0 Å². The first-order valence-corrected chi connectivity index (χ1v) is 5.82. The first-order valence-electron chi connectivity index (χ1n) is 4.77. The van der Waals surface area contributed by atoms with Gasteiger partial charge in [-0.3, -0.25) is 0 Å². The molecule has 0 aliphatic heterocycles. The van der Waals surface area contributed by atoms with Crippen molar-refractivity contribution in [3.8, 4) is 11.8 Å². The molecule has 0 aromatic rings. The molecule has 0 aromatic carbocycles. The lowest BCUT2D eigenvalue weighted by atomic mass is 10.4. The molecule has 2 nitrogen and oxygen atoms in total. The summed E-state index contributed by atoms with van der Waals surface area (Å²) >= 11 is 1.70. The van der Waals surface area contributed by atoms with Crippen LogP contribution in [0.3, 0.4) is 0 Å². The lowest BCUT2D eigenvalue weighted by molar-refractivity contribution is -0.137. The molecule has 0 saturated heterocycles. The largest absolute Gasteiger partial charge is 0.463 e. The Morgan fingerprint density at radius 2 is 2.40 bits per heavy atom. The summed E-state index contributed by atoms with van der Waals surface area (Å²) in [7, 11) is 0. The second kappa shape index (κ2) is 9.42. The molecule has 0 amide bonds. The molecule has 0 aliphatic rings. The summed E-state index contributed by atoms with van der Waals surface area (Å²) in [4.78, 5) is 10.9. The van der Waals surface area contributed by atoms with Gasteiger partial charge in [0.1, 0.15) is 0 Å². The third kappa shape index (κ3) is 9.17. The van der Waals surface area contributed by atoms with Crippen molar-refractivity contribution in [3.63, 3.8) is 0 Å². The SMILES string of the molecule is C=CCSC(C)C#C/C=C/C(=O)OCC. The van der Waals surface area contributed by atoms with E-state index in [0.29, 0.717) is 6.61 Å². The molecule has 0 spiro atoms. The maximum Gasteiger partial charge on any atom is 0.331 e. The highest BCUT2D eigenvalue weighted by atomic mass is 32.2. The summed E-state index contributed by atoms with van der Waals surface area (Å²) < 4.78 is 4.70. The van der Waals surface area contributed by atoms with Crippen LogP contribution in [-0.2, 0) is 9.53 Å². The Kier molecular flexibility index (Phi) is 8.70. The molecule has 1 atom stereocenters. The van der Waals surface area contributed by atoms with E-state index in [2.05, 4.69) is 18.4 Å². The zero-order valence-electron chi connectivity index (χ0n) is 9.16. The molecule has 0 saturated carbocycles. The highest BCUT2D eigenvalue weighted by molar-refractivity contribution is 8.00. The van der Waals surface area contributed by atoms with E-state index in [4.69, 9.17) is 4.74 Å². The fourth-order valence-electron chi connectivity index (χ4n) is 0.720. The van der Waals surface area contributed by atoms with Crippen LogP contribution in [0, 0.1) is 11.8 Å². The van der Waals surface area contributed by atoms with Crippen LogP contribution in [0.25, 0.3) is 0 Å². The van der Waals surface area contributed by atoms with Crippen molar-refractivity contribution in [2.75, 3.05) is 12.4 Å². The van der Waals surface area contributed by atoms with Gasteiger partial charge in [-0.05, 0) is 19.9 Å². The average molecular weight is 224 g/mol. The molecule has 15 heavy (non-hydrogen) atoms. The maximum atomic E-state index is 10.9. The van der Waals surface area contributed by atoms with Crippen molar-refractivity contribution < 1.29 is 9.53 Å². The lowest BCUT2D eigenvalue weighted by Crippen LogP contribution is -1.98. The normalized spacial score (nSPS) is 11.6. The first kappa shape index (κ1) is 13.9. The van der Waals surface area contributed by atoms with Crippen molar-refractivity contribution in [1.82, 2.24) is 0 Å². The van der Waals surface area contributed by atoms with Crippen LogP contribution in [0.1, 0.15) is 13.8 Å². The van der Waals surface area contributed by atoms with Gasteiger partial charge in [0, 0.05) is 11.8 Å². The van der Waals surface area contributed by atoms with E-state index in [-0.39, 0.29) is 11.2 Å². The third-order valence-corrected chi connectivity index (χ3v) is 2.39. The Bertz CT molecular complexity index is 284. The average Bonchev–Trinajstić information content (AvgIpc) is 2.22. The monoisotopic (exact) mass is 224 g/mol. The van der Waals surface area contributed by atoms with E-state index < -0.39 is 0 Å². The van der Waals surface area contributed by atoms with Gasteiger partial charge in [-0.2, -0.15) is 0 Å². The predicted molar refractivity (Wildman–Crippen MR) is 65.7 cm³/mol. The van der Waals surface area contributed by atoms with Crippen LogP contribution in [0.2, 0.25) is 0 Å². The van der Waals surface area contributed by atoms with Crippen LogP contribution in [0.15, 0.2) is 24.8 Å². The number of thioether (sulfide) groups is 1. The molecule has 3 heteroatoms. The van der Waals surface area contributed by atoms with Crippen molar-refractivity contribution in [1.29, 1.82) is 0 Å². The molecule has 1 unspecified atom stereocenters. The van der Waals surface area contributed by atoms with Crippen LogP contribution in [0.5, 0.6) is 0 Å². The molecule has 0 aliphatic carbocycles. The molecule has 82 valence electrons. The zero-order chi connectivity index (χ0) is 11.5. The summed E-state index contributed by atoms with van der Waals surface area (Å²) in [5.74, 6) is 6.32. The second-order valence-electron chi connectivity index (χ2n) is 2.64. The van der Waals surface area contributed by atoms with Crippen LogP contribution in [0.4, 0.5) is 0 Å². The van der Waals surface area contributed by atoms with E-state index in [0.717, 1.165) is 5.75 Å². The Labute approximate surface area is 95.8 Å². The van der Waals surface area contributed by atoms with Gasteiger partial charge in [-0.25, -0.2) is 4.79 Å². The molecule has 0 fully saturated rings. The van der Waals surface area contributed by atoms with Crippen LogP contribution in [-0.4, -0.2) is 23.6 Å². The number of carbonyl (C=O) groups excluding carboxylic acids is 1. The van der Waals surface area contributed by atoms with E-state index in [1.165, 1.54) is 12.2 Å². The van der Waals surface area contributed by atoms with Gasteiger partial charge in [0.05, 0.1) is 11.9 Å². The smallest absolute Gasteiger partial charge is 0.331 e. The van der Waals surface area contributed by atoms with Gasteiger partial charge in [0.2, 0.25) is 0 Å². The Balaban J connectivity index is 3.86. The van der Waals surface area contributed by atoms with Crippen LogP contribution >= 0.6 is 11.8 Å². The van der Waals surface area contributed by atoms with Gasteiger partial charge in [0.15, 0.2) is 0 Å². The van der Waals surface area contributed by atoms with Crippen molar-refractivity contribution >= 4 is 17.7 Å². The maximum absolute atomic E-state index is 10.9. The lowest BCUT2D eigenvalue weighted by Gasteiger charge is -1.98. The summed E-state index contributed by atoms with van der Waals surface area (Å²) in [6.45, 7) is 7.80. The van der Waals surface area contributed by atoms with Gasteiger partial charge in [-0.15, -0.1) is 18.3 Å². The number of esters is 1. The minimum atomic E-state index is -0.349. The number of carbonyl (C=O) groups is 1. The Hall–Kier alpha value is -1.14. The number of hydrogen-bond donors (Lipinski definition) is 0. The molecule has 0 radical (unpaired) electrons. The quantitative estimate of drug-likeness (QED) is 0.310. The van der Waals surface area contributed by atoms with Gasteiger partial charge in [-0.1, -0.05) is 17.9 Å². The molecule has 0 N–H and O–H groups in total. The fourth-order valence-corrected chi connectivity index (χ4v) is 1.30. The molecule has 0 bridgehead atoms. The predicted octanol–water partition coefficient (Wildman–Crippen LogP) is 2.42. The summed E-state index contributed by atoms with van der Waals surface area (Å²) in [6.07, 6.45) is 4.70. The van der Waals surface area contributed by atoms with Crippen molar-refractivity contribution in [3.05, 3.63) is 24.8 Å². The van der Waals surface area contributed by atoms with Gasteiger partial charge < -0.3 is 4.74 Å². The van der Waals surface area contributed by atoms with Gasteiger partial charge in [0.25, 0.3) is 0 Å². The fraction of sp³-hybridized carbons (Fsp3) is 0.417. The standard InChI is InChI=1S/C12H16O2S/c1-4-10-15-11(3)8-6-7-9-12(13)14-5-2/h4,7,9,11H,1,5,10H2,2-3H3/b9-7+. The summed E-state index contributed by atoms with van der Waals surface area (Å²) in [5, 5.41) is 0.245. The van der Waals surface area contributed by atoms with E-state index in [1.807, 2.05) is 13.0 Å². The number of ether oxygens (including phenoxy) is 1. The topological polar surface area (TPSA) is 26.3 Å². The van der Waals surface area contributed by atoms with Crippen LogP contribution < -0.4 is 0 Å². The van der Waals surface area contributed by atoms with Gasteiger partial charge >= 0.3 is 5.97 Å². The first-order chi connectivity index (χ1) is 7.20. The highest BCUT2D eigenvalue weighted by Gasteiger charge is 1.93. The summed E-state index contributed by atoms with van der Waals surface area (Å²) in [6, 6.07) is 0. The minimum Gasteiger partial charge on any atom is -0.463 e. The molecular weight excluding hydrogens is 208 g/mol. The number of rotatable bonds is 5. The summed E-state index contributed by atoms with van der Waals surface area (Å²) in [5.41, 5.74) is 0. The van der Waals surface area contributed by atoms with Crippen molar-refractivity contribution in [2.24, 2.45) is 0 Å². The Morgan fingerprint density at radius 1 is 1.67 bits per heavy atom. The minimum absolute atomic E-state index is 0.245. The zero-order valence-corrected chi connectivity index (χ0v) is 9.97. The highest BCUT2D eigenvalue weighted by Crippen LogP contribution is 2.08. The molecule has 0 aromatic heterocycles. The molecule has 0 heterocycles. The molecule has 0 rings (SSSR count). The number of hydrogen-bond acceptors (Lipinski definition) is 3. The Morgan fingerprint density at radius 3 is 3.00 bits per heavy atom. The van der Waals surface area contributed by atoms with Crippen molar-refractivity contribution in [2.45, 2.75) is 19.1 Å². The second-order valence-corrected chi connectivity index (χ2v) is 4.01. The number of allylic oxidation sites excluding steroid dienone is 1.